The van der Waals surface area contributed by atoms with E-state index < -0.39 is 16.4 Å². The maximum atomic E-state index is 10.6. The first-order valence-electron chi connectivity index (χ1n) is 3.35. The molecule has 0 aliphatic carbocycles. The van der Waals surface area contributed by atoms with Gasteiger partial charge in [-0.2, -0.15) is 8.42 Å². The van der Waals surface area contributed by atoms with Crippen LogP contribution in [0.15, 0.2) is 29.2 Å². The van der Waals surface area contributed by atoms with E-state index in [0.29, 0.717) is 0 Å². The van der Waals surface area contributed by atoms with Crippen molar-refractivity contribution in [2.45, 2.75) is 11.2 Å². The minimum absolute atomic E-state index is 0. The molecule has 0 amide bonds. The molecule has 0 bridgehead atoms. The Hall–Kier alpha value is 0.0500. The summed E-state index contributed by atoms with van der Waals surface area (Å²) in [5.74, 6) is 0. The molecule has 5 nitrogen and oxygen atoms in total. The Morgan fingerprint density at radius 1 is 1.21 bits per heavy atom. The van der Waals surface area contributed by atoms with E-state index in [9.17, 15) is 8.42 Å². The Morgan fingerprint density at radius 2 is 1.79 bits per heavy atom. The number of hydrogen-bond donors (Lipinski definition) is 3. The number of aliphatic hydroxyl groups is 2. The molecular weight excluding hydrogens is 219 g/mol. The van der Waals surface area contributed by atoms with Gasteiger partial charge >= 0.3 is 29.6 Å². The van der Waals surface area contributed by atoms with E-state index >= 15 is 0 Å². The van der Waals surface area contributed by atoms with E-state index in [-0.39, 0.29) is 40.0 Å². The SMILES string of the molecule is O=S(=O)(O)c1cccc(C(O)O)c1.[NaH]. The molecule has 1 rings (SSSR count). The zero-order valence-electron chi connectivity index (χ0n) is 6.45. The van der Waals surface area contributed by atoms with Crippen LogP contribution in [0.2, 0.25) is 0 Å². The van der Waals surface area contributed by atoms with Crippen LogP contribution < -0.4 is 0 Å². The van der Waals surface area contributed by atoms with Crippen LogP contribution in [-0.2, 0) is 10.1 Å². The van der Waals surface area contributed by atoms with E-state index in [1.807, 2.05) is 0 Å². The third kappa shape index (κ3) is 3.66. The van der Waals surface area contributed by atoms with Gasteiger partial charge in [0.05, 0.1) is 4.90 Å². The maximum absolute atomic E-state index is 10.6. The normalized spacial score (nSPS) is 11.1. The topological polar surface area (TPSA) is 94.8 Å². The van der Waals surface area contributed by atoms with Gasteiger partial charge in [0, 0.05) is 5.56 Å². The fourth-order valence-corrected chi connectivity index (χ4v) is 1.37. The average Bonchev–Trinajstić information content (AvgIpc) is 2.03. The van der Waals surface area contributed by atoms with Crippen molar-refractivity contribution in [1.29, 1.82) is 0 Å². The van der Waals surface area contributed by atoms with Crippen molar-refractivity contribution >= 4 is 39.7 Å². The summed E-state index contributed by atoms with van der Waals surface area (Å²) < 4.78 is 29.8. The molecule has 0 aliphatic rings. The van der Waals surface area contributed by atoms with E-state index in [4.69, 9.17) is 14.8 Å². The van der Waals surface area contributed by atoms with E-state index in [1.165, 1.54) is 12.1 Å². The van der Waals surface area contributed by atoms with Crippen molar-refractivity contribution in [2.24, 2.45) is 0 Å². The second-order valence-electron chi connectivity index (χ2n) is 2.42. The molecule has 3 N–H and O–H groups in total. The summed E-state index contributed by atoms with van der Waals surface area (Å²) in [7, 11) is -4.28. The van der Waals surface area contributed by atoms with Crippen LogP contribution in [0.5, 0.6) is 0 Å². The van der Waals surface area contributed by atoms with E-state index in [1.54, 1.807) is 0 Å². The van der Waals surface area contributed by atoms with Gasteiger partial charge in [-0.1, -0.05) is 12.1 Å². The second kappa shape index (κ2) is 5.22. The van der Waals surface area contributed by atoms with Crippen LogP contribution in [0.1, 0.15) is 11.9 Å². The standard InChI is InChI=1S/C7H8O5S.Na.H/c8-7(9)5-2-1-3-6(4-5)13(10,11)12;;/h1-4,7-9H,(H,10,11,12);;. The summed E-state index contributed by atoms with van der Waals surface area (Å²) in [5.41, 5.74) is 0.00938. The predicted molar refractivity (Wildman–Crippen MR) is 50.6 cm³/mol. The molecule has 0 radical (unpaired) electrons. The summed E-state index contributed by atoms with van der Waals surface area (Å²) >= 11 is 0. The van der Waals surface area contributed by atoms with Gasteiger partial charge in [-0.3, -0.25) is 4.55 Å². The summed E-state index contributed by atoms with van der Waals surface area (Å²) in [5, 5.41) is 17.4. The number of hydrogen-bond acceptors (Lipinski definition) is 4. The van der Waals surface area contributed by atoms with Gasteiger partial charge in [0.15, 0.2) is 6.29 Å². The number of rotatable bonds is 2. The molecule has 1 aromatic rings. The van der Waals surface area contributed by atoms with Crippen LogP contribution in [0.3, 0.4) is 0 Å². The molecule has 0 heterocycles. The Balaban J connectivity index is 0.00000169. The summed E-state index contributed by atoms with van der Waals surface area (Å²) in [6, 6.07) is 4.78. The van der Waals surface area contributed by atoms with Crippen molar-refractivity contribution < 1.29 is 23.2 Å². The predicted octanol–water partition coefficient (Wildman–Crippen LogP) is -0.732. The summed E-state index contributed by atoms with van der Waals surface area (Å²) in [4.78, 5) is -0.363. The molecule has 0 fully saturated rings. The molecule has 0 saturated carbocycles. The van der Waals surface area contributed by atoms with Crippen molar-refractivity contribution in [1.82, 2.24) is 0 Å². The Labute approximate surface area is 103 Å². The van der Waals surface area contributed by atoms with Crippen molar-refractivity contribution in [2.75, 3.05) is 0 Å². The quantitative estimate of drug-likeness (QED) is 0.352. The summed E-state index contributed by atoms with van der Waals surface area (Å²) in [6.45, 7) is 0. The van der Waals surface area contributed by atoms with Gasteiger partial charge in [-0.05, 0) is 12.1 Å². The Bertz CT molecular complexity index is 400. The molecule has 0 aromatic heterocycles. The Morgan fingerprint density at radius 3 is 2.21 bits per heavy atom. The van der Waals surface area contributed by atoms with Gasteiger partial charge in [-0.15, -0.1) is 0 Å². The molecule has 74 valence electrons. The zero-order valence-corrected chi connectivity index (χ0v) is 7.27. The molecule has 14 heavy (non-hydrogen) atoms. The van der Waals surface area contributed by atoms with Crippen LogP contribution in [0.4, 0.5) is 0 Å². The van der Waals surface area contributed by atoms with Crippen LogP contribution >= 0.6 is 0 Å². The van der Waals surface area contributed by atoms with Crippen LogP contribution in [0, 0.1) is 0 Å². The molecule has 7 heteroatoms. The third-order valence-electron chi connectivity index (χ3n) is 1.45. The Kier molecular flexibility index (Phi) is 5.24. The zero-order chi connectivity index (χ0) is 10.1. The number of aliphatic hydroxyl groups excluding tert-OH is 1. The van der Waals surface area contributed by atoms with E-state index in [0.717, 1.165) is 12.1 Å². The molecule has 1 aromatic carbocycles. The first kappa shape index (κ1) is 14.1. The van der Waals surface area contributed by atoms with Crippen LogP contribution in [-0.4, -0.2) is 52.7 Å². The third-order valence-corrected chi connectivity index (χ3v) is 2.30. The number of benzene rings is 1. The van der Waals surface area contributed by atoms with E-state index in [2.05, 4.69) is 0 Å². The van der Waals surface area contributed by atoms with Gasteiger partial charge < -0.3 is 10.2 Å². The van der Waals surface area contributed by atoms with Crippen molar-refractivity contribution in [3.05, 3.63) is 29.8 Å². The fraction of sp³-hybridized carbons (Fsp3) is 0.143. The first-order valence-corrected chi connectivity index (χ1v) is 4.79. The molecule has 0 saturated heterocycles. The molecular formula is C7H9NaO5S. The second-order valence-corrected chi connectivity index (χ2v) is 3.84. The van der Waals surface area contributed by atoms with Gasteiger partial charge in [0.25, 0.3) is 10.1 Å². The van der Waals surface area contributed by atoms with Crippen LogP contribution in [0.25, 0.3) is 0 Å². The summed E-state index contributed by atoms with van der Waals surface area (Å²) in [6.07, 6.45) is -1.75. The molecule has 0 aliphatic heterocycles. The van der Waals surface area contributed by atoms with Crippen molar-refractivity contribution in [3.8, 4) is 0 Å². The van der Waals surface area contributed by atoms with Gasteiger partial charge in [-0.25, -0.2) is 0 Å². The monoisotopic (exact) mass is 228 g/mol. The minimum atomic E-state index is -4.28. The molecule has 0 unspecified atom stereocenters. The average molecular weight is 228 g/mol. The van der Waals surface area contributed by atoms with Crippen molar-refractivity contribution in [3.63, 3.8) is 0 Å². The molecule has 0 spiro atoms. The molecule has 0 atom stereocenters. The van der Waals surface area contributed by atoms with Gasteiger partial charge in [0.1, 0.15) is 0 Å². The van der Waals surface area contributed by atoms with Gasteiger partial charge in [0.2, 0.25) is 0 Å². The fourth-order valence-electron chi connectivity index (χ4n) is 0.836. The first-order chi connectivity index (χ1) is 5.91.